The average molecular weight is 424 g/mol. The van der Waals surface area contributed by atoms with Crippen LogP contribution in [0, 0.1) is 5.41 Å². The van der Waals surface area contributed by atoms with E-state index in [9.17, 15) is 9.90 Å². The van der Waals surface area contributed by atoms with Crippen molar-refractivity contribution in [3.63, 3.8) is 0 Å². The highest BCUT2D eigenvalue weighted by Crippen LogP contribution is 2.28. The van der Waals surface area contributed by atoms with Crippen LogP contribution in [-0.4, -0.2) is 60.2 Å². The highest BCUT2D eigenvalue weighted by atomic mass is 28.3. The topological polar surface area (TPSA) is 76.8 Å². The van der Waals surface area contributed by atoms with Gasteiger partial charge < -0.3 is 19.2 Å². The molecule has 1 N–H and O–H groups in total. The van der Waals surface area contributed by atoms with Crippen LogP contribution in [0.1, 0.15) is 51.8 Å². The predicted molar refractivity (Wildman–Crippen MR) is 116 cm³/mol. The predicted octanol–water partition coefficient (Wildman–Crippen LogP) is 3.51. The smallest absolute Gasteiger partial charge is 0.410 e. The number of aliphatic hydroxyl groups excluding tert-OH is 1. The third-order valence-electron chi connectivity index (χ3n) is 4.94. The summed E-state index contributed by atoms with van der Waals surface area (Å²) in [5.41, 5.74) is 1.27. The molecule has 1 aliphatic rings. The van der Waals surface area contributed by atoms with Gasteiger partial charge in [-0.05, 0) is 49.8 Å². The highest BCUT2D eigenvalue weighted by Gasteiger charge is 2.35. The normalized spacial score (nSPS) is 20.9. The molecule has 8 heteroatoms. The Hall–Kier alpha value is -1.64. The molecule has 2 rings (SSSR count). The maximum Gasteiger partial charge on any atom is 0.410 e. The Morgan fingerprint density at radius 3 is 2.83 bits per heavy atom. The van der Waals surface area contributed by atoms with Crippen molar-refractivity contribution in [1.29, 1.82) is 0 Å². The molecule has 1 aliphatic heterocycles. The number of rotatable bonds is 9. The van der Waals surface area contributed by atoms with E-state index in [1.165, 1.54) is 0 Å². The molecule has 2 heterocycles. The van der Waals surface area contributed by atoms with E-state index in [0.29, 0.717) is 19.4 Å². The van der Waals surface area contributed by atoms with Crippen LogP contribution in [0.15, 0.2) is 25.0 Å². The molecule has 3 atom stereocenters. The molecule has 0 spiro atoms. The molecule has 164 valence electrons. The minimum Gasteiger partial charge on any atom is -0.445 e. The standard InChI is InChI=1S/C21H37N3O4Si/c1-7-10-27-20(26)23-15-18(25)12-17(23)11-16-13-22-24(14-16)19(28-29(5)6)8-9-21(2,3)4/h7,13-14,17-19,25,29H,1,8-12,15H2,2-6H3/t17-,18-,19?/m1/s1. The zero-order chi connectivity index (χ0) is 21.6. The van der Waals surface area contributed by atoms with Gasteiger partial charge in [0.25, 0.3) is 0 Å². The number of β-amino-alcohol motifs (C(OH)–C–C–N with tert-alkyl or cyclic N) is 1. The van der Waals surface area contributed by atoms with Crippen LogP contribution in [-0.2, 0) is 15.6 Å². The van der Waals surface area contributed by atoms with Crippen LogP contribution in [0.25, 0.3) is 0 Å². The number of carbonyl (C=O) groups is 1. The SMILES string of the molecule is C=CCOC(=O)N1C[C@H](O)C[C@H]1Cc1cnn(C(CCC(C)(C)C)O[SiH](C)C)c1. The molecule has 1 aromatic rings. The second-order valence-corrected chi connectivity index (χ2v) is 11.7. The Balaban J connectivity index is 2.06. The van der Waals surface area contributed by atoms with Gasteiger partial charge in [-0.15, -0.1) is 0 Å². The fraction of sp³-hybridized carbons (Fsp3) is 0.714. The quantitative estimate of drug-likeness (QED) is 0.486. The lowest BCUT2D eigenvalue weighted by molar-refractivity contribution is 0.0936. The van der Waals surface area contributed by atoms with E-state index in [1.54, 1.807) is 11.0 Å². The summed E-state index contributed by atoms with van der Waals surface area (Å²) in [7, 11) is -1.22. The van der Waals surface area contributed by atoms with Crippen LogP contribution in [0.4, 0.5) is 4.79 Å². The Bertz CT molecular complexity index is 671. The molecule has 0 bridgehead atoms. The second kappa shape index (κ2) is 10.4. The molecule has 1 amide bonds. The van der Waals surface area contributed by atoms with Crippen molar-refractivity contribution in [2.24, 2.45) is 5.41 Å². The van der Waals surface area contributed by atoms with Crippen molar-refractivity contribution in [2.75, 3.05) is 13.2 Å². The van der Waals surface area contributed by atoms with Crippen molar-refractivity contribution in [3.05, 3.63) is 30.6 Å². The van der Waals surface area contributed by atoms with Gasteiger partial charge >= 0.3 is 6.09 Å². The Morgan fingerprint density at radius 2 is 2.21 bits per heavy atom. The summed E-state index contributed by atoms with van der Waals surface area (Å²) in [6.45, 7) is 15.1. The molecule has 7 nitrogen and oxygen atoms in total. The number of aromatic nitrogens is 2. The summed E-state index contributed by atoms with van der Waals surface area (Å²) in [5, 5.41) is 14.6. The molecular formula is C21H37N3O4Si. The maximum absolute atomic E-state index is 12.3. The number of aliphatic hydroxyl groups is 1. The minimum absolute atomic E-state index is 0.0579. The number of likely N-dealkylation sites (tertiary alicyclic amines) is 1. The Labute approximate surface area is 176 Å². The molecule has 0 aliphatic carbocycles. The summed E-state index contributed by atoms with van der Waals surface area (Å²) in [6, 6.07) is -0.103. The second-order valence-electron chi connectivity index (χ2n) is 9.33. The molecule has 29 heavy (non-hydrogen) atoms. The van der Waals surface area contributed by atoms with Gasteiger partial charge in [0.2, 0.25) is 0 Å². The molecule has 1 fully saturated rings. The first kappa shape index (κ1) is 23.6. The van der Waals surface area contributed by atoms with Crippen molar-refractivity contribution >= 4 is 15.1 Å². The maximum atomic E-state index is 12.3. The van der Waals surface area contributed by atoms with Crippen LogP contribution in [0.3, 0.4) is 0 Å². The van der Waals surface area contributed by atoms with Gasteiger partial charge in [-0.1, -0.05) is 33.4 Å². The minimum atomic E-state index is -1.22. The summed E-state index contributed by atoms with van der Waals surface area (Å²) < 4.78 is 13.3. The van der Waals surface area contributed by atoms with E-state index in [4.69, 9.17) is 9.16 Å². The first-order valence-electron chi connectivity index (χ1n) is 10.5. The van der Waals surface area contributed by atoms with E-state index in [0.717, 1.165) is 18.4 Å². The third-order valence-corrected chi connectivity index (χ3v) is 5.80. The summed E-state index contributed by atoms with van der Waals surface area (Å²) >= 11 is 0. The number of carbonyl (C=O) groups excluding carboxylic acids is 1. The van der Waals surface area contributed by atoms with Gasteiger partial charge in [-0.3, -0.25) is 0 Å². The average Bonchev–Trinajstić information content (AvgIpc) is 3.22. The molecule has 0 aromatic carbocycles. The largest absolute Gasteiger partial charge is 0.445 e. The van der Waals surface area contributed by atoms with Crippen molar-refractivity contribution in [2.45, 2.75) is 77.9 Å². The zero-order valence-corrected chi connectivity index (χ0v) is 19.7. The van der Waals surface area contributed by atoms with Crippen LogP contribution >= 0.6 is 0 Å². The third kappa shape index (κ3) is 7.60. The van der Waals surface area contributed by atoms with Crippen LogP contribution in [0.5, 0.6) is 0 Å². The van der Waals surface area contributed by atoms with E-state index in [2.05, 4.69) is 45.5 Å². The molecule has 1 saturated heterocycles. The van der Waals surface area contributed by atoms with Gasteiger partial charge in [-0.25, -0.2) is 9.48 Å². The van der Waals surface area contributed by atoms with Crippen molar-refractivity contribution in [3.8, 4) is 0 Å². The van der Waals surface area contributed by atoms with Crippen molar-refractivity contribution < 1.29 is 19.1 Å². The lowest BCUT2D eigenvalue weighted by Gasteiger charge is -2.25. The summed E-state index contributed by atoms with van der Waals surface area (Å²) in [4.78, 5) is 13.9. The van der Waals surface area contributed by atoms with Gasteiger partial charge in [0.1, 0.15) is 12.8 Å². The number of nitrogens with zero attached hydrogens (tertiary/aromatic N) is 3. The first-order valence-corrected chi connectivity index (χ1v) is 13.3. The lowest BCUT2D eigenvalue weighted by atomic mass is 9.90. The fourth-order valence-electron chi connectivity index (χ4n) is 3.57. The Morgan fingerprint density at radius 1 is 1.48 bits per heavy atom. The fourth-order valence-corrected chi connectivity index (χ4v) is 4.46. The van der Waals surface area contributed by atoms with E-state index < -0.39 is 21.2 Å². The van der Waals surface area contributed by atoms with E-state index in [-0.39, 0.29) is 24.3 Å². The number of hydrogen-bond donors (Lipinski definition) is 1. The molecule has 1 aromatic heterocycles. The van der Waals surface area contributed by atoms with Crippen molar-refractivity contribution in [1.82, 2.24) is 14.7 Å². The summed E-state index contributed by atoms with van der Waals surface area (Å²) in [5.74, 6) is 0. The molecular weight excluding hydrogens is 386 g/mol. The molecule has 0 radical (unpaired) electrons. The summed E-state index contributed by atoms with van der Waals surface area (Å²) in [6.07, 6.45) is 7.54. The number of hydrogen-bond acceptors (Lipinski definition) is 5. The molecule has 0 saturated carbocycles. The zero-order valence-electron chi connectivity index (χ0n) is 18.5. The van der Waals surface area contributed by atoms with E-state index in [1.807, 2.05) is 17.1 Å². The van der Waals surface area contributed by atoms with Crippen LogP contribution < -0.4 is 0 Å². The van der Waals surface area contributed by atoms with Gasteiger partial charge in [0, 0.05) is 12.2 Å². The monoisotopic (exact) mass is 423 g/mol. The number of ether oxygens (including phenoxy) is 1. The first-order chi connectivity index (χ1) is 13.6. The number of amides is 1. The van der Waals surface area contributed by atoms with Gasteiger partial charge in [0.15, 0.2) is 9.04 Å². The molecule has 1 unspecified atom stereocenters. The van der Waals surface area contributed by atoms with Gasteiger partial charge in [-0.2, -0.15) is 5.10 Å². The lowest BCUT2D eigenvalue weighted by Crippen LogP contribution is -2.37. The van der Waals surface area contributed by atoms with E-state index >= 15 is 0 Å². The van der Waals surface area contributed by atoms with Gasteiger partial charge in [0.05, 0.1) is 18.8 Å². The Kier molecular flexibility index (Phi) is 8.48. The highest BCUT2D eigenvalue weighted by molar-refractivity contribution is 6.48. The van der Waals surface area contributed by atoms with Crippen LogP contribution in [0.2, 0.25) is 13.1 Å².